The number of anilines is 1. The smallest absolute Gasteiger partial charge is 0.243 e. The van der Waals surface area contributed by atoms with Gasteiger partial charge in [0.15, 0.2) is 12.2 Å². The Morgan fingerprint density at radius 2 is 1.97 bits per heavy atom. The fourth-order valence-corrected chi connectivity index (χ4v) is 5.01. The Hall–Kier alpha value is -2.97. The Labute approximate surface area is 169 Å². The average molecular weight is 411 g/mol. The van der Waals surface area contributed by atoms with E-state index in [1.165, 1.54) is 10.7 Å². The van der Waals surface area contributed by atoms with Gasteiger partial charge in [0.05, 0.1) is 17.0 Å². The van der Waals surface area contributed by atoms with Crippen LogP contribution in [0.15, 0.2) is 76.5 Å². The highest BCUT2D eigenvalue weighted by Crippen LogP contribution is 2.26. The van der Waals surface area contributed by atoms with Gasteiger partial charge in [0, 0.05) is 24.3 Å². The van der Waals surface area contributed by atoms with Gasteiger partial charge in [0.2, 0.25) is 15.9 Å². The van der Waals surface area contributed by atoms with Gasteiger partial charge in [-0.1, -0.05) is 30.3 Å². The van der Waals surface area contributed by atoms with Gasteiger partial charge >= 0.3 is 0 Å². The van der Waals surface area contributed by atoms with Crippen LogP contribution in [0.4, 0.5) is 5.69 Å². The third kappa shape index (κ3) is 4.23. The number of hydrogen-bond acceptors (Lipinski definition) is 5. The van der Waals surface area contributed by atoms with E-state index in [1.807, 2.05) is 12.1 Å². The van der Waals surface area contributed by atoms with Gasteiger partial charge in [-0.2, -0.15) is 4.31 Å². The van der Waals surface area contributed by atoms with E-state index in [0.29, 0.717) is 30.8 Å². The molecule has 1 N–H and O–H groups in total. The largest absolute Gasteiger partial charge is 0.444 e. The standard InChI is InChI=1S/C21H21N3O4S/c25-21(23-18-8-4-6-16(12-18)20-13-22-15-28-20)17-7-5-11-24(14-17)29(26,27)19-9-2-1-3-10-19/h1-4,6,8-10,12-13,15,17H,5,7,11,14H2,(H,23,25). The number of carbonyl (C=O) groups excluding carboxylic acids is 1. The number of rotatable bonds is 5. The molecular formula is C21H21N3O4S. The molecule has 1 aliphatic rings. The second kappa shape index (κ2) is 8.18. The van der Waals surface area contributed by atoms with E-state index in [9.17, 15) is 13.2 Å². The Morgan fingerprint density at radius 1 is 1.14 bits per heavy atom. The highest BCUT2D eigenvalue weighted by molar-refractivity contribution is 7.89. The van der Waals surface area contributed by atoms with Gasteiger partial charge < -0.3 is 9.73 Å². The molecule has 1 atom stereocenters. The maximum absolute atomic E-state index is 12.9. The fourth-order valence-electron chi connectivity index (χ4n) is 3.47. The summed E-state index contributed by atoms with van der Waals surface area (Å²) in [5.41, 5.74) is 1.43. The van der Waals surface area contributed by atoms with Crippen LogP contribution in [0.1, 0.15) is 12.8 Å². The molecule has 1 aliphatic heterocycles. The van der Waals surface area contributed by atoms with E-state index in [4.69, 9.17) is 4.42 Å². The molecule has 29 heavy (non-hydrogen) atoms. The van der Waals surface area contributed by atoms with Crippen molar-refractivity contribution in [1.82, 2.24) is 9.29 Å². The van der Waals surface area contributed by atoms with Crippen LogP contribution in [0.5, 0.6) is 0 Å². The molecule has 2 aromatic carbocycles. The van der Waals surface area contributed by atoms with Crippen molar-refractivity contribution in [3.05, 3.63) is 67.2 Å². The molecule has 1 fully saturated rings. The quantitative estimate of drug-likeness (QED) is 0.695. The lowest BCUT2D eigenvalue weighted by Gasteiger charge is -2.31. The second-order valence-electron chi connectivity index (χ2n) is 6.95. The Bertz CT molecular complexity index is 1080. The number of oxazole rings is 1. The van der Waals surface area contributed by atoms with Crippen molar-refractivity contribution >= 4 is 21.6 Å². The van der Waals surface area contributed by atoms with Crippen LogP contribution in [0, 0.1) is 5.92 Å². The van der Waals surface area contributed by atoms with Crippen LogP contribution in [0.2, 0.25) is 0 Å². The van der Waals surface area contributed by atoms with E-state index in [1.54, 1.807) is 48.7 Å². The second-order valence-corrected chi connectivity index (χ2v) is 8.89. The molecule has 0 aliphatic carbocycles. The van der Waals surface area contributed by atoms with Gasteiger partial charge in [-0.25, -0.2) is 13.4 Å². The first-order valence-electron chi connectivity index (χ1n) is 9.39. The summed E-state index contributed by atoms with van der Waals surface area (Å²) in [6.07, 6.45) is 4.25. The van der Waals surface area contributed by atoms with Gasteiger partial charge in [0.1, 0.15) is 0 Å². The predicted molar refractivity (Wildman–Crippen MR) is 108 cm³/mol. The first-order chi connectivity index (χ1) is 14.0. The maximum Gasteiger partial charge on any atom is 0.243 e. The van der Waals surface area contributed by atoms with Crippen LogP contribution < -0.4 is 5.32 Å². The number of aromatic nitrogens is 1. The number of benzene rings is 2. The first-order valence-corrected chi connectivity index (χ1v) is 10.8. The summed E-state index contributed by atoms with van der Waals surface area (Å²) in [6.45, 7) is 0.590. The third-order valence-electron chi connectivity index (χ3n) is 4.98. The summed E-state index contributed by atoms with van der Waals surface area (Å²) in [5, 5.41) is 2.90. The lowest BCUT2D eigenvalue weighted by molar-refractivity contribution is -0.120. The Kier molecular flexibility index (Phi) is 5.46. The van der Waals surface area contributed by atoms with Crippen molar-refractivity contribution in [2.75, 3.05) is 18.4 Å². The highest BCUT2D eigenvalue weighted by Gasteiger charge is 2.33. The predicted octanol–water partition coefficient (Wildman–Crippen LogP) is 3.38. The molecule has 4 rings (SSSR count). The Morgan fingerprint density at radius 3 is 2.72 bits per heavy atom. The molecule has 2 heterocycles. The highest BCUT2D eigenvalue weighted by atomic mass is 32.2. The van der Waals surface area contributed by atoms with Crippen molar-refractivity contribution < 1.29 is 17.6 Å². The van der Waals surface area contributed by atoms with E-state index < -0.39 is 15.9 Å². The van der Waals surface area contributed by atoms with Crippen LogP contribution in [-0.4, -0.2) is 36.7 Å². The van der Waals surface area contributed by atoms with Crippen molar-refractivity contribution in [2.45, 2.75) is 17.7 Å². The minimum Gasteiger partial charge on any atom is -0.444 e. The number of amides is 1. The zero-order chi connectivity index (χ0) is 20.3. The van der Waals surface area contributed by atoms with Gasteiger partial charge in [-0.15, -0.1) is 0 Å². The van der Waals surface area contributed by atoms with Crippen LogP contribution in [0.3, 0.4) is 0 Å². The van der Waals surface area contributed by atoms with Crippen LogP contribution >= 0.6 is 0 Å². The molecule has 0 bridgehead atoms. The molecule has 0 saturated carbocycles. The first kappa shape index (κ1) is 19.4. The van der Waals surface area contributed by atoms with Crippen molar-refractivity contribution in [1.29, 1.82) is 0 Å². The van der Waals surface area contributed by atoms with E-state index in [2.05, 4.69) is 10.3 Å². The number of carbonyl (C=O) groups is 1. The number of hydrogen-bond donors (Lipinski definition) is 1. The zero-order valence-corrected chi connectivity index (χ0v) is 16.5. The summed E-state index contributed by atoms with van der Waals surface area (Å²) >= 11 is 0. The molecule has 8 heteroatoms. The molecular weight excluding hydrogens is 390 g/mol. The number of sulfonamides is 1. The monoisotopic (exact) mass is 411 g/mol. The summed E-state index contributed by atoms with van der Waals surface area (Å²) < 4.78 is 32.4. The van der Waals surface area contributed by atoms with E-state index in [-0.39, 0.29) is 17.3 Å². The molecule has 0 radical (unpaired) electrons. The molecule has 3 aromatic rings. The molecule has 150 valence electrons. The maximum atomic E-state index is 12.9. The number of nitrogens with zero attached hydrogens (tertiary/aromatic N) is 2. The van der Waals surface area contributed by atoms with Crippen molar-refractivity contribution in [3.63, 3.8) is 0 Å². The molecule has 7 nitrogen and oxygen atoms in total. The minimum absolute atomic E-state index is 0.171. The normalized spacial score (nSPS) is 17.7. The van der Waals surface area contributed by atoms with Gasteiger partial charge in [-0.05, 0) is 37.1 Å². The molecule has 0 spiro atoms. The van der Waals surface area contributed by atoms with Crippen LogP contribution in [-0.2, 0) is 14.8 Å². The summed E-state index contributed by atoms with van der Waals surface area (Å²) in [5.74, 6) is 0.0164. The molecule has 1 aromatic heterocycles. The van der Waals surface area contributed by atoms with E-state index >= 15 is 0 Å². The topological polar surface area (TPSA) is 92.5 Å². The van der Waals surface area contributed by atoms with Gasteiger partial charge in [-0.3, -0.25) is 4.79 Å². The Balaban J connectivity index is 1.46. The van der Waals surface area contributed by atoms with Gasteiger partial charge in [0.25, 0.3) is 0 Å². The SMILES string of the molecule is O=C(Nc1cccc(-c2cnco2)c1)C1CCCN(S(=O)(=O)c2ccccc2)C1. The molecule has 1 amide bonds. The van der Waals surface area contributed by atoms with Crippen LogP contribution in [0.25, 0.3) is 11.3 Å². The van der Waals surface area contributed by atoms with Crippen molar-refractivity contribution in [3.8, 4) is 11.3 Å². The lowest BCUT2D eigenvalue weighted by Crippen LogP contribution is -2.43. The van der Waals surface area contributed by atoms with E-state index in [0.717, 1.165) is 5.56 Å². The molecule has 1 saturated heterocycles. The summed E-state index contributed by atoms with van der Waals surface area (Å²) in [4.78, 5) is 17.0. The average Bonchev–Trinajstić information content (AvgIpc) is 3.30. The lowest BCUT2D eigenvalue weighted by atomic mass is 9.98. The summed E-state index contributed by atoms with van der Waals surface area (Å²) in [6, 6.07) is 15.6. The van der Waals surface area contributed by atoms with Crippen molar-refractivity contribution in [2.24, 2.45) is 5.92 Å². The molecule has 1 unspecified atom stereocenters. The minimum atomic E-state index is -3.60. The zero-order valence-electron chi connectivity index (χ0n) is 15.7. The number of nitrogens with one attached hydrogen (secondary N) is 1. The summed E-state index contributed by atoms with van der Waals surface area (Å²) in [7, 11) is -3.60. The third-order valence-corrected chi connectivity index (χ3v) is 6.86. The number of piperidine rings is 1. The fraction of sp³-hybridized carbons (Fsp3) is 0.238.